The number of pyridine rings is 2. The minimum atomic E-state index is -1.37. The fourth-order valence-corrected chi connectivity index (χ4v) is 2.89. The zero-order valence-electron chi connectivity index (χ0n) is 16.3. The lowest BCUT2D eigenvalue weighted by atomic mass is 10.1. The average Bonchev–Trinajstić information content (AvgIpc) is 2.73. The highest BCUT2D eigenvalue weighted by Gasteiger charge is 2.23. The van der Waals surface area contributed by atoms with Crippen molar-refractivity contribution in [1.82, 2.24) is 4.98 Å². The van der Waals surface area contributed by atoms with E-state index in [0.717, 1.165) is 18.2 Å². The van der Waals surface area contributed by atoms with E-state index in [4.69, 9.17) is 5.11 Å². The zero-order valence-corrected chi connectivity index (χ0v) is 16.3. The molecule has 2 aromatic heterocycles. The van der Waals surface area contributed by atoms with Crippen LogP contribution in [0.5, 0.6) is 5.88 Å². The minimum Gasteiger partial charge on any atom is -0.493 e. The van der Waals surface area contributed by atoms with Crippen molar-refractivity contribution in [3.05, 3.63) is 75.3 Å². The van der Waals surface area contributed by atoms with Crippen LogP contribution in [0.25, 0.3) is 5.69 Å². The molecule has 0 aliphatic rings. The van der Waals surface area contributed by atoms with Crippen LogP contribution < -0.4 is 10.1 Å². The summed E-state index contributed by atoms with van der Waals surface area (Å²) in [5.41, 5.74) is -1.87. The number of azo groups is 1. The molecule has 0 saturated carbocycles. The van der Waals surface area contributed by atoms with Crippen molar-refractivity contribution in [2.75, 3.05) is 0 Å². The van der Waals surface area contributed by atoms with E-state index in [1.807, 2.05) is 0 Å². The van der Waals surface area contributed by atoms with Gasteiger partial charge in [0, 0.05) is 6.07 Å². The molecule has 12 nitrogen and oxygen atoms in total. The van der Waals surface area contributed by atoms with Crippen LogP contribution in [0, 0.1) is 6.92 Å². The Bertz CT molecular complexity index is 1360. The molecule has 0 amide bonds. The maximum atomic E-state index is 12.4. The van der Waals surface area contributed by atoms with Crippen molar-refractivity contribution in [2.24, 2.45) is 10.2 Å². The minimum absolute atomic E-state index is 0.0578. The maximum Gasteiger partial charge on any atom is 0.341 e. The largest absolute Gasteiger partial charge is 0.493 e. The second-order valence-corrected chi connectivity index (χ2v) is 6.47. The maximum absolute atomic E-state index is 12.4. The van der Waals surface area contributed by atoms with E-state index in [9.17, 15) is 34.5 Å². The van der Waals surface area contributed by atoms with Gasteiger partial charge in [0.2, 0.25) is 5.88 Å². The van der Waals surface area contributed by atoms with E-state index in [2.05, 4.69) is 15.2 Å². The lowest BCUT2D eigenvalue weighted by molar-refractivity contribution is -0.597. The molecule has 12 heteroatoms. The fraction of sp³-hybridized carbons (Fsp3) is 0.0500. The van der Waals surface area contributed by atoms with Crippen LogP contribution >= 0.6 is 0 Å². The SMILES string of the molecule is Cc1c(/N=N/c2cc(C(=O)O)ccc2C(=O)O)c(O)[nH]c(=O)c1-[n+]1cccc(C(=O)O)c1. The van der Waals surface area contributed by atoms with Crippen LogP contribution in [-0.4, -0.2) is 43.3 Å². The Morgan fingerprint density at radius 3 is 2.28 bits per heavy atom. The average molecular weight is 439 g/mol. The first-order valence-electron chi connectivity index (χ1n) is 8.83. The molecule has 1 aromatic carbocycles. The van der Waals surface area contributed by atoms with E-state index in [1.54, 1.807) is 0 Å². The highest BCUT2D eigenvalue weighted by atomic mass is 16.4. The van der Waals surface area contributed by atoms with Crippen molar-refractivity contribution in [1.29, 1.82) is 0 Å². The van der Waals surface area contributed by atoms with Gasteiger partial charge >= 0.3 is 23.5 Å². The molecule has 5 N–H and O–H groups in total. The summed E-state index contributed by atoms with van der Waals surface area (Å²) in [4.78, 5) is 48.4. The molecule has 32 heavy (non-hydrogen) atoms. The standard InChI is InChI=1S/C20H14N4O8/c1-9-14(23-22-13-7-10(18(27)28)4-5-12(13)20(31)32)16(25)21-17(26)15(9)24-6-2-3-11(8-24)19(29)30/h2-8H,1H3,(H4-,21,22,25,26,27,28,29,30,31,32)/p+1. The number of rotatable bonds is 6. The number of carbonyl (C=O) groups is 3. The Morgan fingerprint density at radius 2 is 1.66 bits per heavy atom. The van der Waals surface area contributed by atoms with Crippen LogP contribution in [0.2, 0.25) is 0 Å². The monoisotopic (exact) mass is 439 g/mol. The summed E-state index contributed by atoms with van der Waals surface area (Å²) in [7, 11) is 0. The van der Waals surface area contributed by atoms with Crippen molar-refractivity contribution in [2.45, 2.75) is 6.92 Å². The summed E-state index contributed by atoms with van der Waals surface area (Å²) in [6.07, 6.45) is 2.61. The normalized spacial score (nSPS) is 10.9. The number of benzene rings is 1. The Labute approximate surface area is 178 Å². The second-order valence-electron chi connectivity index (χ2n) is 6.47. The first kappa shape index (κ1) is 21.8. The quantitative estimate of drug-likeness (QED) is 0.285. The van der Waals surface area contributed by atoms with Crippen molar-refractivity contribution < 1.29 is 39.4 Å². The van der Waals surface area contributed by atoms with Gasteiger partial charge in [-0.3, -0.25) is 9.78 Å². The van der Waals surface area contributed by atoms with E-state index in [0.29, 0.717) is 0 Å². The van der Waals surface area contributed by atoms with Crippen LogP contribution in [0.4, 0.5) is 11.4 Å². The molecule has 0 fully saturated rings. The van der Waals surface area contributed by atoms with Gasteiger partial charge in [-0.2, -0.15) is 4.57 Å². The van der Waals surface area contributed by atoms with Gasteiger partial charge in [0.25, 0.3) is 5.69 Å². The molecule has 0 bridgehead atoms. The van der Waals surface area contributed by atoms with Crippen LogP contribution in [0.3, 0.4) is 0 Å². The van der Waals surface area contributed by atoms with Crippen molar-refractivity contribution >= 4 is 29.3 Å². The molecule has 162 valence electrons. The third kappa shape index (κ3) is 4.18. The molecule has 2 heterocycles. The predicted molar refractivity (Wildman–Crippen MR) is 106 cm³/mol. The number of carboxylic acids is 3. The molecule has 0 radical (unpaired) electrons. The summed E-state index contributed by atoms with van der Waals surface area (Å²) in [5.74, 6) is -4.56. The number of carboxylic acid groups (broad SMARTS) is 3. The topological polar surface area (TPSA) is 194 Å². The van der Waals surface area contributed by atoms with E-state index in [-0.39, 0.29) is 39.3 Å². The Kier molecular flexibility index (Phi) is 5.78. The highest BCUT2D eigenvalue weighted by Crippen LogP contribution is 2.31. The van der Waals surface area contributed by atoms with Crippen LogP contribution in [0.1, 0.15) is 36.6 Å². The van der Waals surface area contributed by atoms with Crippen molar-refractivity contribution in [3.8, 4) is 11.6 Å². The molecule has 0 saturated heterocycles. The van der Waals surface area contributed by atoms with Gasteiger partial charge in [-0.05, 0) is 31.2 Å². The van der Waals surface area contributed by atoms with Gasteiger partial charge in [-0.15, -0.1) is 10.2 Å². The highest BCUT2D eigenvalue weighted by molar-refractivity contribution is 5.96. The molecule has 0 aliphatic carbocycles. The predicted octanol–water partition coefficient (Wildman–Crippen LogP) is 2.18. The summed E-state index contributed by atoms with van der Waals surface area (Å²) >= 11 is 0. The Balaban J connectivity index is 2.17. The smallest absolute Gasteiger partial charge is 0.341 e. The summed E-state index contributed by atoms with van der Waals surface area (Å²) in [6, 6.07) is 5.88. The zero-order chi connectivity index (χ0) is 23.6. The molecule has 3 rings (SSSR count). The molecular formula is C20H15N4O8+. The number of aromatic nitrogens is 2. The first-order valence-corrected chi connectivity index (χ1v) is 8.83. The summed E-state index contributed by atoms with van der Waals surface area (Å²) in [6.45, 7) is 1.42. The number of aromatic carboxylic acids is 3. The number of aromatic amines is 1. The lowest BCUT2D eigenvalue weighted by Crippen LogP contribution is -2.38. The number of H-pyrrole nitrogens is 1. The first-order chi connectivity index (χ1) is 15.1. The fourth-order valence-electron chi connectivity index (χ4n) is 2.89. The second kappa shape index (κ2) is 8.47. The van der Waals surface area contributed by atoms with Gasteiger partial charge in [0.05, 0.1) is 16.7 Å². The third-order valence-corrected chi connectivity index (χ3v) is 4.42. The Morgan fingerprint density at radius 1 is 0.969 bits per heavy atom. The van der Waals surface area contributed by atoms with E-state index >= 15 is 0 Å². The number of hydrogen-bond donors (Lipinski definition) is 5. The summed E-state index contributed by atoms with van der Waals surface area (Å²) in [5, 5.41) is 45.4. The molecular weight excluding hydrogens is 424 g/mol. The van der Waals surface area contributed by atoms with Gasteiger partial charge in [0.1, 0.15) is 11.3 Å². The molecule has 0 aliphatic heterocycles. The number of aromatic hydroxyl groups is 1. The number of nitrogens with zero attached hydrogens (tertiary/aromatic N) is 3. The van der Waals surface area contributed by atoms with E-state index < -0.39 is 29.3 Å². The summed E-state index contributed by atoms with van der Waals surface area (Å²) < 4.78 is 1.23. The molecule has 3 aromatic rings. The van der Waals surface area contributed by atoms with Gasteiger partial charge in [0.15, 0.2) is 18.1 Å². The molecule has 0 spiro atoms. The van der Waals surface area contributed by atoms with Gasteiger partial charge in [-0.1, -0.05) is 0 Å². The Hall–Kier alpha value is -4.87. The lowest BCUT2D eigenvalue weighted by Gasteiger charge is -2.06. The molecule has 0 unspecified atom stereocenters. The van der Waals surface area contributed by atoms with Crippen molar-refractivity contribution in [3.63, 3.8) is 0 Å². The van der Waals surface area contributed by atoms with Crippen LogP contribution in [-0.2, 0) is 0 Å². The van der Waals surface area contributed by atoms with E-state index in [1.165, 1.54) is 36.0 Å². The van der Waals surface area contributed by atoms with Gasteiger partial charge < -0.3 is 20.4 Å². The molecule has 0 atom stereocenters. The third-order valence-electron chi connectivity index (χ3n) is 4.42. The van der Waals surface area contributed by atoms with Gasteiger partial charge in [-0.25, -0.2) is 14.4 Å². The number of hydrogen-bond acceptors (Lipinski definition) is 7. The number of nitrogens with one attached hydrogen (secondary N) is 1. The van der Waals surface area contributed by atoms with Crippen LogP contribution in [0.15, 0.2) is 57.7 Å².